The van der Waals surface area contributed by atoms with Gasteiger partial charge in [-0.1, -0.05) is 12.1 Å². The molecule has 1 aromatic carbocycles. The van der Waals surface area contributed by atoms with Gasteiger partial charge in [0, 0.05) is 38.8 Å². The molecule has 2 unspecified atom stereocenters. The van der Waals surface area contributed by atoms with E-state index in [1.165, 1.54) is 0 Å². The molecule has 1 aliphatic heterocycles. The summed E-state index contributed by atoms with van der Waals surface area (Å²) in [5, 5.41) is 18.5. The molecule has 5 heteroatoms. The zero-order valence-corrected chi connectivity index (χ0v) is 13.4. The molecule has 0 amide bonds. The van der Waals surface area contributed by atoms with Crippen LogP contribution in [-0.4, -0.2) is 66.4 Å². The maximum atomic E-state index is 9.50. The molecule has 22 heavy (non-hydrogen) atoms. The monoisotopic (exact) mass is 303 g/mol. The van der Waals surface area contributed by atoms with Gasteiger partial charge in [0.15, 0.2) is 0 Å². The third-order valence-electron chi connectivity index (χ3n) is 4.02. The Hall–Kier alpha value is -1.61. The molecular formula is C17H25N3O2. The number of benzene rings is 1. The van der Waals surface area contributed by atoms with Crippen LogP contribution in [0, 0.1) is 11.3 Å². The lowest BCUT2D eigenvalue weighted by atomic mass is 10.1. The van der Waals surface area contributed by atoms with Gasteiger partial charge in [-0.15, -0.1) is 0 Å². The Morgan fingerprint density at radius 1 is 1.41 bits per heavy atom. The first kappa shape index (κ1) is 16.8. The normalized spacial score (nSPS) is 21.3. The topological polar surface area (TPSA) is 59.7 Å². The van der Waals surface area contributed by atoms with Crippen molar-refractivity contribution in [3.05, 3.63) is 29.8 Å². The summed E-state index contributed by atoms with van der Waals surface area (Å²) in [5.41, 5.74) is 0.581. The molecule has 2 atom stereocenters. The van der Waals surface area contributed by atoms with E-state index in [-0.39, 0.29) is 6.10 Å². The highest BCUT2D eigenvalue weighted by atomic mass is 16.5. The molecule has 5 nitrogen and oxygen atoms in total. The number of hydrogen-bond acceptors (Lipinski definition) is 5. The summed E-state index contributed by atoms with van der Waals surface area (Å²) >= 11 is 0. The minimum Gasteiger partial charge on any atom is -0.491 e. The quantitative estimate of drug-likeness (QED) is 0.859. The van der Waals surface area contributed by atoms with Crippen molar-refractivity contribution in [2.45, 2.75) is 26.0 Å². The van der Waals surface area contributed by atoms with Crippen LogP contribution in [0.25, 0.3) is 0 Å². The van der Waals surface area contributed by atoms with Gasteiger partial charge in [-0.3, -0.25) is 9.80 Å². The predicted molar refractivity (Wildman–Crippen MR) is 85.8 cm³/mol. The Morgan fingerprint density at radius 3 is 2.86 bits per heavy atom. The van der Waals surface area contributed by atoms with Gasteiger partial charge < -0.3 is 9.84 Å². The highest BCUT2D eigenvalue weighted by Crippen LogP contribution is 2.16. The van der Waals surface area contributed by atoms with Crippen LogP contribution in [0.4, 0.5) is 0 Å². The predicted octanol–water partition coefficient (Wildman–Crippen LogP) is 1.32. The summed E-state index contributed by atoms with van der Waals surface area (Å²) in [5.74, 6) is 0.658. The Bertz CT molecular complexity index is 513. The summed E-state index contributed by atoms with van der Waals surface area (Å²) in [4.78, 5) is 4.70. The Labute approximate surface area is 132 Å². The van der Waals surface area contributed by atoms with E-state index in [0.29, 0.717) is 24.0 Å². The van der Waals surface area contributed by atoms with Gasteiger partial charge in [0.25, 0.3) is 0 Å². The van der Waals surface area contributed by atoms with Crippen LogP contribution < -0.4 is 4.74 Å². The molecule has 1 aliphatic rings. The van der Waals surface area contributed by atoms with Gasteiger partial charge in [0.05, 0.1) is 11.7 Å². The van der Waals surface area contributed by atoms with Crippen LogP contribution in [0.15, 0.2) is 24.3 Å². The summed E-state index contributed by atoms with van der Waals surface area (Å²) in [6.45, 7) is 9.15. The third-order valence-corrected chi connectivity index (χ3v) is 4.02. The molecule has 0 saturated carbocycles. The second-order valence-corrected chi connectivity index (χ2v) is 5.95. The van der Waals surface area contributed by atoms with Crippen molar-refractivity contribution in [1.29, 1.82) is 5.26 Å². The Kier molecular flexibility index (Phi) is 6.20. The lowest BCUT2D eigenvalue weighted by Crippen LogP contribution is -2.54. The number of aliphatic hydroxyl groups is 1. The van der Waals surface area contributed by atoms with Gasteiger partial charge in [-0.05, 0) is 26.0 Å². The molecule has 120 valence electrons. The molecular weight excluding hydrogens is 278 g/mol. The maximum Gasteiger partial charge on any atom is 0.137 e. The molecule has 1 saturated heterocycles. The molecule has 1 fully saturated rings. The minimum absolute atomic E-state index is 0.278. The molecule has 0 radical (unpaired) electrons. The summed E-state index contributed by atoms with van der Waals surface area (Å²) in [6.07, 6.45) is -0.278. The number of nitrogens with zero attached hydrogens (tertiary/aromatic N) is 3. The summed E-state index contributed by atoms with van der Waals surface area (Å²) < 4.78 is 5.74. The van der Waals surface area contributed by atoms with Gasteiger partial charge in [-0.2, -0.15) is 5.26 Å². The van der Waals surface area contributed by atoms with Crippen molar-refractivity contribution in [2.75, 3.05) is 39.3 Å². The molecule has 1 heterocycles. The molecule has 0 aromatic heterocycles. The van der Waals surface area contributed by atoms with Crippen molar-refractivity contribution in [3.8, 4) is 11.8 Å². The Balaban J connectivity index is 1.76. The molecule has 2 rings (SSSR count). The van der Waals surface area contributed by atoms with Crippen molar-refractivity contribution >= 4 is 0 Å². The van der Waals surface area contributed by atoms with Gasteiger partial charge in [-0.25, -0.2) is 0 Å². The summed E-state index contributed by atoms with van der Waals surface area (Å²) in [6, 6.07) is 9.91. The van der Waals surface area contributed by atoms with E-state index in [0.717, 1.165) is 32.7 Å². The number of piperazine rings is 1. The first-order chi connectivity index (χ1) is 10.6. The van der Waals surface area contributed by atoms with E-state index in [2.05, 4.69) is 22.8 Å². The van der Waals surface area contributed by atoms with Crippen LogP contribution >= 0.6 is 0 Å². The second-order valence-electron chi connectivity index (χ2n) is 5.95. The van der Waals surface area contributed by atoms with E-state index in [9.17, 15) is 5.11 Å². The minimum atomic E-state index is -0.278. The van der Waals surface area contributed by atoms with Crippen LogP contribution in [0.3, 0.4) is 0 Å². The zero-order chi connectivity index (χ0) is 15.9. The standard InChI is InChI=1S/C17H25N3O2/c1-14-12-19(7-8-20(14)13-15(2)21)9-10-22-17-6-4-3-5-16(17)11-18/h3-6,14-15,21H,7-10,12-13H2,1-2H3. The largest absolute Gasteiger partial charge is 0.491 e. The third kappa shape index (κ3) is 4.70. The second kappa shape index (κ2) is 8.14. The number of ether oxygens (including phenoxy) is 1. The van der Waals surface area contributed by atoms with Crippen LogP contribution in [0.5, 0.6) is 5.75 Å². The van der Waals surface area contributed by atoms with E-state index in [1.54, 1.807) is 6.07 Å². The van der Waals surface area contributed by atoms with Crippen molar-refractivity contribution in [2.24, 2.45) is 0 Å². The lowest BCUT2D eigenvalue weighted by Gasteiger charge is -2.40. The van der Waals surface area contributed by atoms with E-state index in [4.69, 9.17) is 10.00 Å². The van der Waals surface area contributed by atoms with Crippen LogP contribution in [-0.2, 0) is 0 Å². The smallest absolute Gasteiger partial charge is 0.137 e. The SMILES string of the molecule is CC(O)CN1CCN(CCOc2ccccc2C#N)CC1C. The number of hydrogen-bond donors (Lipinski definition) is 1. The molecule has 0 aliphatic carbocycles. The fourth-order valence-electron chi connectivity index (χ4n) is 2.85. The molecule has 1 N–H and O–H groups in total. The number of nitriles is 1. The average Bonchev–Trinajstić information content (AvgIpc) is 2.50. The lowest BCUT2D eigenvalue weighted by molar-refractivity contribution is 0.0404. The molecule has 0 bridgehead atoms. The van der Waals surface area contributed by atoms with Gasteiger partial charge in [0.2, 0.25) is 0 Å². The first-order valence-corrected chi connectivity index (χ1v) is 7.86. The fourth-order valence-corrected chi connectivity index (χ4v) is 2.85. The van der Waals surface area contributed by atoms with Crippen molar-refractivity contribution < 1.29 is 9.84 Å². The Morgan fingerprint density at radius 2 is 2.18 bits per heavy atom. The number of aliphatic hydroxyl groups excluding tert-OH is 1. The number of β-amino-alcohol motifs (C(OH)–C–C–N with tert-alkyl or cyclic N) is 1. The van der Waals surface area contributed by atoms with Gasteiger partial charge >= 0.3 is 0 Å². The number of rotatable bonds is 6. The van der Waals surface area contributed by atoms with Crippen LogP contribution in [0.2, 0.25) is 0 Å². The zero-order valence-electron chi connectivity index (χ0n) is 13.4. The van der Waals surface area contributed by atoms with Crippen molar-refractivity contribution in [1.82, 2.24) is 9.80 Å². The van der Waals surface area contributed by atoms with Gasteiger partial charge in [0.1, 0.15) is 18.4 Å². The average molecular weight is 303 g/mol. The molecule has 0 spiro atoms. The highest BCUT2D eigenvalue weighted by Gasteiger charge is 2.24. The summed E-state index contributed by atoms with van der Waals surface area (Å²) in [7, 11) is 0. The van der Waals surface area contributed by atoms with E-state index < -0.39 is 0 Å². The maximum absolute atomic E-state index is 9.50. The van der Waals surface area contributed by atoms with E-state index >= 15 is 0 Å². The van der Waals surface area contributed by atoms with Crippen molar-refractivity contribution in [3.63, 3.8) is 0 Å². The van der Waals surface area contributed by atoms with E-state index in [1.807, 2.05) is 25.1 Å². The van der Waals surface area contributed by atoms with Crippen LogP contribution in [0.1, 0.15) is 19.4 Å². The fraction of sp³-hybridized carbons (Fsp3) is 0.588. The number of para-hydroxylation sites is 1. The molecule has 1 aromatic rings. The first-order valence-electron chi connectivity index (χ1n) is 7.86. The highest BCUT2D eigenvalue weighted by molar-refractivity contribution is 5.42.